The fourth-order valence-corrected chi connectivity index (χ4v) is 4.87. The summed E-state index contributed by atoms with van der Waals surface area (Å²) in [6.45, 7) is 4.94. The van der Waals surface area contributed by atoms with E-state index >= 15 is 0 Å². The summed E-state index contributed by atoms with van der Waals surface area (Å²) in [6.07, 6.45) is -0.791. The van der Waals surface area contributed by atoms with Crippen LogP contribution in [-0.4, -0.2) is 28.3 Å². The molecule has 0 spiro atoms. The van der Waals surface area contributed by atoms with Crippen molar-refractivity contribution in [2.45, 2.75) is 19.4 Å². The molecule has 0 saturated heterocycles. The number of carbonyl (C=O) groups is 2. The molecule has 0 radical (unpaired) electrons. The smallest absolute Gasteiger partial charge is 0.412 e. The lowest BCUT2D eigenvalue weighted by Crippen LogP contribution is -2.42. The zero-order valence-electron chi connectivity index (χ0n) is 15.0. The molecule has 29 heavy (non-hydrogen) atoms. The third kappa shape index (κ3) is 7.16. The summed E-state index contributed by atoms with van der Waals surface area (Å²) in [4.78, 5) is 23.2. The molecular weight excluding hydrogens is 719 g/mol. The van der Waals surface area contributed by atoms with Crippen LogP contribution in [0.2, 0.25) is 0 Å². The van der Waals surface area contributed by atoms with Crippen molar-refractivity contribution in [2.75, 3.05) is 0 Å². The topological polar surface area (TPSA) is 105 Å². The van der Waals surface area contributed by atoms with E-state index in [9.17, 15) is 19.8 Å². The van der Waals surface area contributed by atoms with Gasteiger partial charge in [-0.1, -0.05) is 6.58 Å². The number of allylic oxidation sites excluding steroid dienone is 1. The molecule has 7 nitrogen and oxygen atoms in total. The average Bonchev–Trinajstić information content (AvgIpc) is 2.59. The first-order valence-electron chi connectivity index (χ1n) is 8.07. The number of carboxylic acids is 1. The van der Waals surface area contributed by atoms with Gasteiger partial charge in [-0.15, -0.1) is 0 Å². The van der Waals surface area contributed by atoms with E-state index in [-0.39, 0.29) is 17.9 Å². The van der Waals surface area contributed by atoms with Gasteiger partial charge in [0.25, 0.3) is 0 Å². The Morgan fingerprint density at radius 2 is 1.76 bits per heavy atom. The molecule has 3 N–H and O–H groups in total. The second-order valence-corrected chi connectivity index (χ2v) is 9.42. The van der Waals surface area contributed by atoms with Crippen molar-refractivity contribution >= 4 is 79.8 Å². The Morgan fingerprint density at radius 3 is 2.28 bits per heavy atom. The van der Waals surface area contributed by atoms with Gasteiger partial charge >= 0.3 is 12.1 Å². The summed E-state index contributed by atoms with van der Waals surface area (Å²) < 4.78 is 12.9. The molecular formula is C19H16I3NO6. The van der Waals surface area contributed by atoms with Crippen LogP contribution in [-0.2, 0) is 16.0 Å². The van der Waals surface area contributed by atoms with Gasteiger partial charge in [-0.2, -0.15) is 0 Å². The SMILES string of the molecule is C=C(C)OC(=O)NC(Cc1cc(I)c(Oc2ccc(O)c(I)c2)c(I)c1)C(=O)O. The number of amides is 1. The van der Waals surface area contributed by atoms with E-state index in [1.165, 1.54) is 6.92 Å². The van der Waals surface area contributed by atoms with Crippen LogP contribution in [0, 0.1) is 10.7 Å². The number of alkyl carbamates (subject to hydrolysis) is 1. The average molecular weight is 735 g/mol. The lowest BCUT2D eigenvalue weighted by atomic mass is 10.1. The van der Waals surface area contributed by atoms with Gasteiger partial charge in [0.15, 0.2) is 5.75 Å². The van der Waals surface area contributed by atoms with Crippen molar-refractivity contribution in [3.8, 4) is 17.2 Å². The molecule has 0 aliphatic heterocycles. The number of rotatable bonds is 7. The highest BCUT2D eigenvalue weighted by atomic mass is 127. The molecule has 0 heterocycles. The second kappa shape index (κ2) is 10.7. The molecule has 0 fully saturated rings. The minimum Gasteiger partial charge on any atom is -0.507 e. The molecule has 1 unspecified atom stereocenters. The van der Waals surface area contributed by atoms with E-state index in [1.807, 2.05) is 22.6 Å². The van der Waals surface area contributed by atoms with Gasteiger partial charge in [0.1, 0.15) is 17.5 Å². The minimum atomic E-state index is -1.17. The van der Waals surface area contributed by atoms with E-state index in [4.69, 9.17) is 9.47 Å². The van der Waals surface area contributed by atoms with Crippen molar-refractivity contribution < 1.29 is 29.3 Å². The Kier molecular flexibility index (Phi) is 8.81. The summed E-state index contributed by atoms with van der Waals surface area (Å²) in [7, 11) is 0. The molecule has 0 saturated carbocycles. The first kappa shape index (κ1) is 24.0. The molecule has 1 atom stereocenters. The number of carboxylic acid groups (broad SMARTS) is 1. The van der Waals surface area contributed by atoms with Gasteiger partial charge in [0, 0.05) is 6.42 Å². The summed E-state index contributed by atoms with van der Waals surface area (Å²) in [5.41, 5.74) is 0.717. The van der Waals surface area contributed by atoms with Crippen molar-refractivity contribution in [1.82, 2.24) is 5.32 Å². The number of phenols is 1. The van der Waals surface area contributed by atoms with E-state index < -0.39 is 18.1 Å². The normalized spacial score (nSPS) is 11.4. The van der Waals surface area contributed by atoms with Gasteiger partial charge in [0.2, 0.25) is 0 Å². The van der Waals surface area contributed by atoms with Crippen LogP contribution in [0.4, 0.5) is 4.79 Å². The number of benzene rings is 2. The number of hydrogen-bond donors (Lipinski definition) is 3. The Bertz CT molecular complexity index is 940. The highest BCUT2D eigenvalue weighted by Gasteiger charge is 2.22. The zero-order valence-corrected chi connectivity index (χ0v) is 21.5. The lowest BCUT2D eigenvalue weighted by Gasteiger charge is -2.16. The van der Waals surface area contributed by atoms with Crippen molar-refractivity contribution in [3.05, 3.63) is 58.9 Å². The van der Waals surface area contributed by atoms with E-state index in [0.717, 1.165) is 12.7 Å². The molecule has 0 aromatic heterocycles. The first-order valence-corrected chi connectivity index (χ1v) is 11.3. The minimum absolute atomic E-state index is 0.0734. The number of hydrogen-bond acceptors (Lipinski definition) is 5. The van der Waals surface area contributed by atoms with Gasteiger partial charge in [0.05, 0.1) is 16.5 Å². The van der Waals surface area contributed by atoms with Gasteiger partial charge in [-0.3, -0.25) is 0 Å². The number of aromatic hydroxyl groups is 1. The highest BCUT2D eigenvalue weighted by Crippen LogP contribution is 2.35. The van der Waals surface area contributed by atoms with E-state index in [1.54, 1.807) is 30.3 Å². The first-order chi connectivity index (χ1) is 13.6. The third-order valence-corrected chi connectivity index (χ3v) is 5.96. The quantitative estimate of drug-likeness (QED) is 0.265. The molecule has 2 rings (SSSR count). The monoisotopic (exact) mass is 735 g/mol. The standard InChI is InChI=1S/C19H16I3NO6/c1-9(2)28-19(27)23-15(18(25)26)7-10-5-13(21)17(14(22)6-10)29-11-3-4-16(24)12(20)8-11/h3-6,8,15,24H,1,7H2,2H3,(H,23,27)(H,25,26). The largest absolute Gasteiger partial charge is 0.507 e. The number of aliphatic carboxylic acids is 1. The summed E-state index contributed by atoms with van der Waals surface area (Å²) >= 11 is 6.23. The Labute approximate surface area is 208 Å². The fourth-order valence-electron chi connectivity index (χ4n) is 2.26. The molecule has 0 aliphatic rings. The Hall–Kier alpha value is -1.29. The highest BCUT2D eigenvalue weighted by molar-refractivity contribution is 14.1. The van der Waals surface area contributed by atoms with Crippen LogP contribution < -0.4 is 10.1 Å². The number of halogens is 3. The summed E-state index contributed by atoms with van der Waals surface area (Å²) in [5.74, 6) is 0.366. The van der Waals surface area contributed by atoms with Crippen LogP contribution in [0.5, 0.6) is 17.2 Å². The van der Waals surface area contributed by atoms with Crippen LogP contribution in [0.1, 0.15) is 12.5 Å². The maximum atomic E-state index is 11.7. The van der Waals surface area contributed by atoms with Crippen LogP contribution >= 0.6 is 67.8 Å². The predicted molar refractivity (Wildman–Crippen MR) is 132 cm³/mol. The fraction of sp³-hybridized carbons (Fsp3) is 0.158. The molecule has 2 aromatic carbocycles. The molecule has 0 aliphatic carbocycles. The number of phenolic OH excluding ortho intramolecular Hbond substituents is 1. The second-order valence-electron chi connectivity index (χ2n) is 5.93. The summed E-state index contributed by atoms with van der Waals surface area (Å²) in [5, 5.41) is 21.4. The predicted octanol–water partition coefficient (Wildman–Crippen LogP) is 5.25. The van der Waals surface area contributed by atoms with E-state index in [2.05, 4.69) is 57.1 Å². The van der Waals surface area contributed by atoms with Crippen LogP contribution in [0.3, 0.4) is 0 Å². The molecule has 0 bridgehead atoms. The maximum Gasteiger partial charge on any atom is 0.412 e. The van der Waals surface area contributed by atoms with Gasteiger partial charge in [-0.25, -0.2) is 9.59 Å². The third-order valence-electron chi connectivity index (χ3n) is 3.49. The lowest BCUT2D eigenvalue weighted by molar-refractivity contribution is -0.139. The van der Waals surface area contributed by atoms with E-state index in [0.29, 0.717) is 15.1 Å². The molecule has 10 heteroatoms. The van der Waals surface area contributed by atoms with Crippen molar-refractivity contribution in [1.29, 1.82) is 0 Å². The molecule has 2 aromatic rings. The molecule has 154 valence electrons. The van der Waals surface area contributed by atoms with Crippen molar-refractivity contribution in [3.63, 3.8) is 0 Å². The van der Waals surface area contributed by atoms with Gasteiger partial charge < -0.3 is 25.0 Å². The zero-order chi connectivity index (χ0) is 21.7. The van der Waals surface area contributed by atoms with Gasteiger partial charge in [-0.05, 0) is 111 Å². The number of carbonyl (C=O) groups excluding carboxylic acids is 1. The Balaban J connectivity index is 2.20. The summed E-state index contributed by atoms with van der Waals surface area (Å²) in [6, 6.07) is 7.37. The Morgan fingerprint density at radius 1 is 1.14 bits per heavy atom. The van der Waals surface area contributed by atoms with Crippen molar-refractivity contribution in [2.24, 2.45) is 0 Å². The van der Waals surface area contributed by atoms with Crippen LogP contribution in [0.25, 0.3) is 0 Å². The molecule has 1 amide bonds. The number of nitrogens with one attached hydrogen (secondary N) is 1. The maximum absolute atomic E-state index is 11.7. The van der Waals surface area contributed by atoms with Crippen LogP contribution in [0.15, 0.2) is 42.7 Å². The number of ether oxygens (including phenoxy) is 2.